The number of carbonyl (C=O) groups excluding carboxylic acids is 1. The second-order valence-electron chi connectivity index (χ2n) is 4.37. The van der Waals surface area contributed by atoms with Crippen molar-refractivity contribution in [3.63, 3.8) is 0 Å². The molecule has 0 amide bonds. The van der Waals surface area contributed by atoms with E-state index in [1.54, 1.807) is 0 Å². The van der Waals surface area contributed by atoms with Crippen LogP contribution in [0.3, 0.4) is 0 Å². The first-order valence-electron chi connectivity index (χ1n) is 5.44. The Labute approximate surface area is 86.2 Å². The largest absolute Gasteiger partial charge is 0.469 e. The first kappa shape index (κ1) is 11.5. The molecule has 1 aliphatic rings. The van der Waals surface area contributed by atoms with Gasteiger partial charge in [-0.05, 0) is 38.6 Å². The Balaban J connectivity index is 2.47. The molecular formula is C11H21NO2. The standard InChI is InChI=1S/C11H21NO2/c1-4-7-12-11(2,9-5-6-9)8-10(13)14-3/h9,12H,4-8H2,1-3H3. The molecule has 0 aromatic heterocycles. The zero-order valence-corrected chi connectivity index (χ0v) is 9.43. The van der Waals surface area contributed by atoms with Gasteiger partial charge >= 0.3 is 5.97 Å². The van der Waals surface area contributed by atoms with Gasteiger partial charge in [0.2, 0.25) is 0 Å². The van der Waals surface area contributed by atoms with E-state index in [0.717, 1.165) is 13.0 Å². The van der Waals surface area contributed by atoms with Crippen LogP contribution in [0.1, 0.15) is 39.5 Å². The van der Waals surface area contributed by atoms with Gasteiger partial charge in [-0.15, -0.1) is 0 Å². The van der Waals surface area contributed by atoms with Gasteiger partial charge in [-0.25, -0.2) is 0 Å². The third-order valence-corrected chi connectivity index (χ3v) is 3.00. The van der Waals surface area contributed by atoms with Gasteiger partial charge in [-0.2, -0.15) is 0 Å². The van der Waals surface area contributed by atoms with E-state index >= 15 is 0 Å². The van der Waals surface area contributed by atoms with E-state index in [-0.39, 0.29) is 11.5 Å². The highest BCUT2D eigenvalue weighted by Crippen LogP contribution is 2.41. The van der Waals surface area contributed by atoms with Gasteiger partial charge in [0.05, 0.1) is 13.5 Å². The molecule has 1 atom stereocenters. The Morgan fingerprint density at radius 1 is 1.57 bits per heavy atom. The number of esters is 1. The molecule has 1 saturated carbocycles. The fourth-order valence-electron chi connectivity index (χ4n) is 1.85. The van der Waals surface area contributed by atoms with Crippen molar-refractivity contribution in [2.24, 2.45) is 5.92 Å². The van der Waals surface area contributed by atoms with Gasteiger partial charge in [-0.1, -0.05) is 6.92 Å². The molecule has 1 N–H and O–H groups in total. The van der Waals surface area contributed by atoms with Gasteiger partial charge in [0.25, 0.3) is 0 Å². The van der Waals surface area contributed by atoms with E-state index in [1.807, 2.05) is 0 Å². The molecule has 3 nitrogen and oxygen atoms in total. The normalized spacial score (nSPS) is 20.2. The third-order valence-electron chi connectivity index (χ3n) is 3.00. The number of ether oxygens (including phenoxy) is 1. The summed E-state index contributed by atoms with van der Waals surface area (Å²) < 4.78 is 4.72. The van der Waals surface area contributed by atoms with Crippen molar-refractivity contribution in [3.05, 3.63) is 0 Å². The van der Waals surface area contributed by atoms with Crippen molar-refractivity contribution in [3.8, 4) is 0 Å². The quantitative estimate of drug-likeness (QED) is 0.662. The fraction of sp³-hybridized carbons (Fsp3) is 0.909. The summed E-state index contributed by atoms with van der Waals surface area (Å²) in [5.74, 6) is 0.552. The maximum atomic E-state index is 11.3. The van der Waals surface area contributed by atoms with Crippen molar-refractivity contribution in [2.75, 3.05) is 13.7 Å². The molecule has 0 aromatic rings. The van der Waals surface area contributed by atoms with E-state index in [4.69, 9.17) is 4.74 Å². The molecular weight excluding hydrogens is 178 g/mol. The fourth-order valence-corrected chi connectivity index (χ4v) is 1.85. The van der Waals surface area contributed by atoms with Crippen LogP contribution in [0.2, 0.25) is 0 Å². The lowest BCUT2D eigenvalue weighted by atomic mass is 9.91. The number of hydrogen-bond acceptors (Lipinski definition) is 3. The summed E-state index contributed by atoms with van der Waals surface area (Å²) in [5.41, 5.74) is -0.0386. The summed E-state index contributed by atoms with van der Waals surface area (Å²) in [4.78, 5) is 11.3. The van der Waals surface area contributed by atoms with E-state index < -0.39 is 0 Å². The molecule has 14 heavy (non-hydrogen) atoms. The van der Waals surface area contributed by atoms with Crippen molar-refractivity contribution in [2.45, 2.75) is 45.1 Å². The van der Waals surface area contributed by atoms with Crippen LogP contribution in [0.4, 0.5) is 0 Å². The average molecular weight is 199 g/mol. The van der Waals surface area contributed by atoms with E-state index in [0.29, 0.717) is 12.3 Å². The van der Waals surface area contributed by atoms with Gasteiger partial charge in [0.1, 0.15) is 0 Å². The molecule has 1 unspecified atom stereocenters. The number of nitrogens with one attached hydrogen (secondary N) is 1. The van der Waals surface area contributed by atoms with Crippen molar-refractivity contribution < 1.29 is 9.53 Å². The lowest BCUT2D eigenvalue weighted by Crippen LogP contribution is -2.46. The van der Waals surface area contributed by atoms with Crippen molar-refractivity contribution in [1.82, 2.24) is 5.32 Å². The van der Waals surface area contributed by atoms with Crippen LogP contribution < -0.4 is 5.32 Å². The highest BCUT2D eigenvalue weighted by atomic mass is 16.5. The van der Waals surface area contributed by atoms with Crippen LogP contribution >= 0.6 is 0 Å². The maximum Gasteiger partial charge on any atom is 0.307 e. The van der Waals surface area contributed by atoms with Crippen molar-refractivity contribution >= 4 is 5.97 Å². The van der Waals surface area contributed by atoms with Gasteiger partial charge in [-0.3, -0.25) is 4.79 Å². The first-order chi connectivity index (χ1) is 6.62. The number of methoxy groups -OCH3 is 1. The Morgan fingerprint density at radius 2 is 2.21 bits per heavy atom. The Morgan fingerprint density at radius 3 is 2.64 bits per heavy atom. The zero-order chi connectivity index (χ0) is 10.6. The highest BCUT2D eigenvalue weighted by Gasteiger charge is 2.42. The molecule has 0 spiro atoms. The molecule has 0 bridgehead atoms. The molecule has 0 aromatic carbocycles. The molecule has 0 aliphatic heterocycles. The minimum Gasteiger partial charge on any atom is -0.469 e. The minimum atomic E-state index is -0.108. The molecule has 82 valence electrons. The molecule has 3 heteroatoms. The highest BCUT2D eigenvalue weighted by molar-refractivity contribution is 5.70. The van der Waals surface area contributed by atoms with Crippen LogP contribution in [0.15, 0.2) is 0 Å². The van der Waals surface area contributed by atoms with Gasteiger partial charge < -0.3 is 10.1 Å². The summed E-state index contributed by atoms with van der Waals surface area (Å²) in [6.45, 7) is 5.25. The zero-order valence-electron chi connectivity index (χ0n) is 9.43. The maximum absolute atomic E-state index is 11.3. The number of hydrogen-bond donors (Lipinski definition) is 1. The topological polar surface area (TPSA) is 38.3 Å². The molecule has 1 rings (SSSR count). The molecule has 0 saturated heterocycles. The average Bonchev–Trinajstić information content (AvgIpc) is 2.98. The SMILES string of the molecule is CCCNC(C)(CC(=O)OC)C1CC1. The monoisotopic (exact) mass is 199 g/mol. The van der Waals surface area contributed by atoms with Crippen molar-refractivity contribution in [1.29, 1.82) is 0 Å². The van der Waals surface area contributed by atoms with Crippen LogP contribution in [0, 0.1) is 5.92 Å². The molecule has 0 radical (unpaired) electrons. The lowest BCUT2D eigenvalue weighted by Gasteiger charge is -2.30. The van der Waals surface area contributed by atoms with E-state index in [9.17, 15) is 4.79 Å². The van der Waals surface area contributed by atoms with Gasteiger partial charge in [0, 0.05) is 5.54 Å². The molecule has 0 heterocycles. The summed E-state index contributed by atoms with van der Waals surface area (Å²) in [5, 5.41) is 3.47. The number of carbonyl (C=O) groups is 1. The third kappa shape index (κ3) is 2.98. The lowest BCUT2D eigenvalue weighted by molar-refractivity contribution is -0.142. The predicted octanol–water partition coefficient (Wildman–Crippen LogP) is 1.72. The summed E-state index contributed by atoms with van der Waals surface area (Å²) >= 11 is 0. The number of rotatable bonds is 6. The van der Waals surface area contributed by atoms with Crippen LogP contribution in [-0.2, 0) is 9.53 Å². The Kier molecular flexibility index (Phi) is 3.93. The smallest absolute Gasteiger partial charge is 0.307 e. The molecule has 1 aliphatic carbocycles. The first-order valence-corrected chi connectivity index (χ1v) is 5.44. The second kappa shape index (κ2) is 4.78. The second-order valence-corrected chi connectivity index (χ2v) is 4.37. The van der Waals surface area contributed by atoms with Crippen LogP contribution in [-0.4, -0.2) is 25.2 Å². The Bertz CT molecular complexity index is 201. The minimum absolute atomic E-state index is 0.0386. The van der Waals surface area contributed by atoms with Crippen LogP contribution in [0.25, 0.3) is 0 Å². The van der Waals surface area contributed by atoms with E-state index in [1.165, 1.54) is 20.0 Å². The summed E-state index contributed by atoms with van der Waals surface area (Å²) in [6.07, 6.45) is 4.08. The summed E-state index contributed by atoms with van der Waals surface area (Å²) in [6, 6.07) is 0. The predicted molar refractivity (Wildman–Crippen MR) is 56.1 cm³/mol. The van der Waals surface area contributed by atoms with Crippen LogP contribution in [0.5, 0.6) is 0 Å². The Hall–Kier alpha value is -0.570. The van der Waals surface area contributed by atoms with E-state index in [2.05, 4.69) is 19.2 Å². The summed E-state index contributed by atoms with van der Waals surface area (Å²) in [7, 11) is 1.45. The van der Waals surface area contributed by atoms with Gasteiger partial charge in [0.15, 0.2) is 0 Å². The molecule has 1 fully saturated rings.